The van der Waals surface area contributed by atoms with Crippen molar-refractivity contribution in [1.29, 1.82) is 0 Å². The molecule has 25 heavy (non-hydrogen) atoms. The molecule has 2 aromatic heterocycles. The Kier molecular flexibility index (Phi) is 4.11. The normalized spacial score (nSPS) is 18.2. The van der Waals surface area contributed by atoms with E-state index in [4.69, 9.17) is 0 Å². The molecule has 1 fully saturated rings. The van der Waals surface area contributed by atoms with Crippen LogP contribution in [0.5, 0.6) is 0 Å². The number of nitrogens with zero attached hydrogens (tertiary/aromatic N) is 6. The quantitative estimate of drug-likeness (QED) is 0.733. The summed E-state index contributed by atoms with van der Waals surface area (Å²) in [5.74, 6) is 2.51. The molecule has 3 heterocycles. The first kappa shape index (κ1) is 16.0. The van der Waals surface area contributed by atoms with E-state index in [1.54, 1.807) is 6.33 Å². The van der Waals surface area contributed by atoms with Crippen molar-refractivity contribution in [1.82, 2.24) is 24.7 Å². The van der Waals surface area contributed by atoms with Gasteiger partial charge < -0.3 is 9.47 Å². The first-order valence-corrected chi connectivity index (χ1v) is 8.99. The van der Waals surface area contributed by atoms with E-state index < -0.39 is 0 Å². The van der Waals surface area contributed by atoms with Gasteiger partial charge in [-0.25, -0.2) is 9.97 Å². The van der Waals surface area contributed by atoms with Crippen LogP contribution in [0, 0.1) is 6.92 Å². The lowest BCUT2D eigenvalue weighted by molar-refractivity contribution is 0.453. The molecule has 1 aliphatic rings. The van der Waals surface area contributed by atoms with E-state index in [1.807, 2.05) is 6.33 Å². The third-order valence-electron chi connectivity index (χ3n) is 5.01. The molecule has 1 unspecified atom stereocenters. The Balaban J connectivity index is 1.68. The summed E-state index contributed by atoms with van der Waals surface area (Å²) in [6, 6.07) is 6.74. The highest BCUT2D eigenvalue weighted by atomic mass is 15.3. The van der Waals surface area contributed by atoms with Crippen LogP contribution in [0.2, 0.25) is 0 Å². The van der Waals surface area contributed by atoms with Gasteiger partial charge in [0.25, 0.3) is 0 Å². The summed E-state index contributed by atoms with van der Waals surface area (Å²) in [4.78, 5) is 11.4. The van der Waals surface area contributed by atoms with Crippen molar-refractivity contribution in [3.05, 3.63) is 42.2 Å². The Morgan fingerprint density at radius 2 is 2.08 bits per heavy atom. The Morgan fingerprint density at radius 3 is 2.92 bits per heavy atom. The maximum Gasteiger partial charge on any atom is 0.139 e. The van der Waals surface area contributed by atoms with Gasteiger partial charge in [-0.3, -0.25) is 0 Å². The van der Waals surface area contributed by atoms with Crippen molar-refractivity contribution in [3.8, 4) is 0 Å². The summed E-state index contributed by atoms with van der Waals surface area (Å²) >= 11 is 0. The molecule has 0 amide bonds. The Morgan fingerprint density at radius 1 is 1.20 bits per heavy atom. The van der Waals surface area contributed by atoms with E-state index in [9.17, 15) is 0 Å². The Hall–Kier alpha value is -2.50. The molecule has 6 nitrogen and oxygen atoms in total. The van der Waals surface area contributed by atoms with Gasteiger partial charge in [-0.05, 0) is 45.7 Å². The summed E-state index contributed by atoms with van der Waals surface area (Å²) in [6.07, 6.45) is 5.80. The molecule has 0 aliphatic carbocycles. The van der Waals surface area contributed by atoms with Crippen LogP contribution in [0.25, 0.3) is 10.9 Å². The summed E-state index contributed by atoms with van der Waals surface area (Å²) < 4.78 is 2.19. The van der Waals surface area contributed by atoms with Crippen LogP contribution in [0.15, 0.2) is 30.9 Å². The molecule has 130 valence electrons. The Labute approximate surface area is 147 Å². The molecule has 3 aromatic rings. The van der Waals surface area contributed by atoms with E-state index in [0.717, 1.165) is 48.5 Å². The van der Waals surface area contributed by atoms with Gasteiger partial charge >= 0.3 is 0 Å². The number of piperidine rings is 1. The first-order valence-electron chi connectivity index (χ1n) is 8.99. The zero-order chi connectivity index (χ0) is 17.4. The Bertz CT molecular complexity index is 885. The van der Waals surface area contributed by atoms with Crippen molar-refractivity contribution >= 4 is 16.7 Å². The number of anilines is 1. The monoisotopic (exact) mass is 336 g/mol. The van der Waals surface area contributed by atoms with Gasteiger partial charge in [0.15, 0.2) is 0 Å². The highest BCUT2D eigenvalue weighted by Crippen LogP contribution is 2.32. The largest absolute Gasteiger partial charge is 0.355 e. The van der Waals surface area contributed by atoms with Gasteiger partial charge in [-0.1, -0.05) is 11.6 Å². The number of aryl methyl sites for hydroxylation is 1. The molecule has 0 N–H and O–H groups in total. The molecule has 6 heteroatoms. The lowest BCUT2D eigenvalue weighted by atomic mass is 9.96. The average molecular weight is 336 g/mol. The maximum atomic E-state index is 4.62. The van der Waals surface area contributed by atoms with Crippen molar-refractivity contribution in [2.45, 2.75) is 45.6 Å². The SMILES string of the molecule is Cc1ccc2ncnc(N3CCCC(c4nncn4C(C)C)C3)c2c1. The number of hydrogen-bond acceptors (Lipinski definition) is 5. The van der Waals surface area contributed by atoms with Crippen LogP contribution < -0.4 is 4.90 Å². The molecule has 0 spiro atoms. The molecule has 1 atom stereocenters. The van der Waals surface area contributed by atoms with Crippen LogP contribution in [0.4, 0.5) is 5.82 Å². The summed E-state index contributed by atoms with van der Waals surface area (Å²) in [6.45, 7) is 8.40. The topological polar surface area (TPSA) is 59.7 Å². The highest BCUT2D eigenvalue weighted by Gasteiger charge is 2.27. The van der Waals surface area contributed by atoms with E-state index in [0.29, 0.717) is 12.0 Å². The first-order chi connectivity index (χ1) is 12.1. The number of benzene rings is 1. The minimum Gasteiger partial charge on any atom is -0.355 e. The summed E-state index contributed by atoms with van der Waals surface area (Å²) in [7, 11) is 0. The van der Waals surface area contributed by atoms with Gasteiger partial charge in [-0.2, -0.15) is 0 Å². The molecule has 1 aliphatic heterocycles. The lowest BCUT2D eigenvalue weighted by Crippen LogP contribution is -2.36. The number of aromatic nitrogens is 5. The van der Waals surface area contributed by atoms with E-state index in [2.05, 4.69) is 68.6 Å². The third kappa shape index (κ3) is 2.97. The second-order valence-electron chi connectivity index (χ2n) is 7.19. The molecular formula is C19H24N6. The van der Waals surface area contributed by atoms with Crippen LogP contribution in [0.3, 0.4) is 0 Å². The second kappa shape index (κ2) is 6.43. The van der Waals surface area contributed by atoms with Crippen LogP contribution >= 0.6 is 0 Å². The molecule has 0 bridgehead atoms. The van der Waals surface area contributed by atoms with Gasteiger partial charge in [-0.15, -0.1) is 10.2 Å². The highest BCUT2D eigenvalue weighted by molar-refractivity contribution is 5.89. The third-order valence-corrected chi connectivity index (χ3v) is 5.01. The zero-order valence-electron chi connectivity index (χ0n) is 15.1. The molecule has 4 rings (SSSR count). The minimum atomic E-state index is 0.378. The lowest BCUT2D eigenvalue weighted by Gasteiger charge is -2.34. The maximum absolute atomic E-state index is 4.62. The fourth-order valence-electron chi connectivity index (χ4n) is 3.73. The molecule has 0 saturated carbocycles. The zero-order valence-corrected chi connectivity index (χ0v) is 15.1. The molecule has 0 radical (unpaired) electrons. The molecular weight excluding hydrogens is 312 g/mol. The number of fused-ring (bicyclic) bond motifs is 1. The van der Waals surface area contributed by atoms with E-state index >= 15 is 0 Å². The smallest absolute Gasteiger partial charge is 0.139 e. The van der Waals surface area contributed by atoms with Crippen molar-refractivity contribution in [2.24, 2.45) is 0 Å². The minimum absolute atomic E-state index is 0.378. The summed E-state index contributed by atoms with van der Waals surface area (Å²) in [5.41, 5.74) is 2.24. The van der Waals surface area contributed by atoms with Crippen molar-refractivity contribution in [2.75, 3.05) is 18.0 Å². The standard InChI is InChI=1S/C19H24N6/c1-13(2)25-12-22-23-18(25)15-5-4-8-24(10-15)19-16-9-14(3)6-7-17(16)20-11-21-19/h6-7,9,11-13,15H,4-5,8,10H2,1-3H3. The fraction of sp³-hybridized carbons (Fsp3) is 0.474. The number of hydrogen-bond donors (Lipinski definition) is 0. The molecule has 1 aromatic carbocycles. The van der Waals surface area contributed by atoms with Crippen LogP contribution in [-0.2, 0) is 0 Å². The second-order valence-corrected chi connectivity index (χ2v) is 7.19. The van der Waals surface area contributed by atoms with Gasteiger partial charge in [0.1, 0.15) is 24.3 Å². The predicted octanol–water partition coefficient (Wildman–Crippen LogP) is 3.49. The summed E-state index contributed by atoms with van der Waals surface area (Å²) in [5, 5.41) is 9.70. The van der Waals surface area contributed by atoms with Crippen LogP contribution in [-0.4, -0.2) is 37.8 Å². The van der Waals surface area contributed by atoms with Gasteiger partial charge in [0.2, 0.25) is 0 Å². The van der Waals surface area contributed by atoms with Crippen LogP contribution in [0.1, 0.15) is 50.0 Å². The van der Waals surface area contributed by atoms with Gasteiger partial charge in [0, 0.05) is 30.4 Å². The van der Waals surface area contributed by atoms with E-state index in [1.165, 1.54) is 5.56 Å². The molecule has 1 saturated heterocycles. The number of rotatable bonds is 3. The van der Waals surface area contributed by atoms with E-state index in [-0.39, 0.29) is 0 Å². The predicted molar refractivity (Wildman–Crippen MR) is 98.9 cm³/mol. The van der Waals surface area contributed by atoms with Gasteiger partial charge in [0.05, 0.1) is 5.52 Å². The van der Waals surface area contributed by atoms with Crippen molar-refractivity contribution < 1.29 is 0 Å². The fourth-order valence-corrected chi connectivity index (χ4v) is 3.73. The van der Waals surface area contributed by atoms with Crippen molar-refractivity contribution in [3.63, 3.8) is 0 Å². The average Bonchev–Trinajstić information content (AvgIpc) is 3.11.